The Morgan fingerprint density at radius 3 is 3.12 bits per heavy atom. The highest BCUT2D eigenvalue weighted by molar-refractivity contribution is 7.98. The van der Waals surface area contributed by atoms with E-state index < -0.39 is 0 Å². The maximum atomic E-state index is 5.67. The summed E-state index contributed by atoms with van der Waals surface area (Å²) in [6, 6.07) is 1.64. The Hall–Kier alpha value is -1.01. The third-order valence-corrected chi connectivity index (χ3v) is 3.12. The largest absolute Gasteiger partial charge is 0.475 e. The van der Waals surface area contributed by atoms with Crippen LogP contribution in [0, 0.1) is 0 Å². The molecule has 0 amide bonds. The van der Waals surface area contributed by atoms with Crippen molar-refractivity contribution in [1.29, 1.82) is 0 Å². The fourth-order valence-electron chi connectivity index (χ4n) is 1.70. The van der Waals surface area contributed by atoms with Crippen molar-refractivity contribution in [2.45, 2.75) is 30.5 Å². The second-order valence-corrected chi connectivity index (χ2v) is 4.69. The quantitative estimate of drug-likeness (QED) is 0.652. The number of aromatic nitrogens is 2. The molecule has 5 nitrogen and oxygen atoms in total. The molecule has 1 aliphatic rings. The van der Waals surface area contributed by atoms with E-state index in [-0.39, 0.29) is 6.10 Å². The van der Waals surface area contributed by atoms with Gasteiger partial charge in [0.2, 0.25) is 5.88 Å². The highest BCUT2D eigenvalue weighted by Gasteiger charge is 2.15. The first kappa shape index (κ1) is 12.4. The Morgan fingerprint density at radius 2 is 2.41 bits per heavy atom. The molecule has 2 N–H and O–H groups in total. The Balaban J connectivity index is 1.91. The lowest BCUT2D eigenvalue weighted by atomic mass is 10.1. The van der Waals surface area contributed by atoms with Gasteiger partial charge in [-0.2, -0.15) is 4.98 Å². The molecule has 17 heavy (non-hydrogen) atoms. The van der Waals surface area contributed by atoms with Gasteiger partial charge in [0.15, 0.2) is 5.16 Å². The minimum atomic E-state index is 0.178. The number of nitrogens with two attached hydrogens (primary N) is 1. The van der Waals surface area contributed by atoms with E-state index in [1.807, 2.05) is 6.26 Å². The predicted molar refractivity (Wildman–Crippen MR) is 67.3 cm³/mol. The van der Waals surface area contributed by atoms with Crippen molar-refractivity contribution >= 4 is 17.6 Å². The molecule has 1 aliphatic heterocycles. The van der Waals surface area contributed by atoms with Crippen LogP contribution in [-0.4, -0.2) is 35.5 Å². The number of ether oxygens (including phenoxy) is 2. The van der Waals surface area contributed by atoms with Gasteiger partial charge in [-0.3, -0.25) is 0 Å². The van der Waals surface area contributed by atoms with Gasteiger partial charge >= 0.3 is 0 Å². The topological polar surface area (TPSA) is 70.3 Å². The average Bonchev–Trinajstić information content (AvgIpc) is 2.37. The number of thioether (sulfide) groups is 1. The van der Waals surface area contributed by atoms with E-state index >= 15 is 0 Å². The van der Waals surface area contributed by atoms with E-state index in [0.29, 0.717) is 23.5 Å². The van der Waals surface area contributed by atoms with Crippen molar-refractivity contribution in [2.24, 2.45) is 0 Å². The van der Waals surface area contributed by atoms with Crippen LogP contribution in [0.5, 0.6) is 5.88 Å². The van der Waals surface area contributed by atoms with Gasteiger partial charge in [0.1, 0.15) is 12.4 Å². The Morgan fingerprint density at radius 1 is 1.53 bits per heavy atom. The van der Waals surface area contributed by atoms with Crippen LogP contribution in [0.2, 0.25) is 0 Å². The molecule has 2 heterocycles. The summed E-state index contributed by atoms with van der Waals surface area (Å²) in [6.07, 6.45) is 5.49. The second-order valence-electron chi connectivity index (χ2n) is 3.92. The van der Waals surface area contributed by atoms with E-state index in [9.17, 15) is 0 Å². The fourth-order valence-corrected chi connectivity index (χ4v) is 2.08. The summed E-state index contributed by atoms with van der Waals surface area (Å²) in [5, 5.41) is 0.629. The molecule has 1 aromatic heterocycles. The van der Waals surface area contributed by atoms with Gasteiger partial charge in [-0.25, -0.2) is 4.98 Å². The van der Waals surface area contributed by atoms with Crippen molar-refractivity contribution in [3.63, 3.8) is 0 Å². The van der Waals surface area contributed by atoms with Crippen LogP contribution in [-0.2, 0) is 4.74 Å². The van der Waals surface area contributed by atoms with Gasteiger partial charge in [0, 0.05) is 12.7 Å². The van der Waals surface area contributed by atoms with Gasteiger partial charge < -0.3 is 15.2 Å². The molecule has 1 fully saturated rings. The van der Waals surface area contributed by atoms with Crippen LogP contribution in [0.4, 0.5) is 5.82 Å². The molecular weight excluding hydrogens is 238 g/mol. The summed E-state index contributed by atoms with van der Waals surface area (Å²) in [5.74, 6) is 0.958. The summed E-state index contributed by atoms with van der Waals surface area (Å²) in [4.78, 5) is 8.30. The van der Waals surface area contributed by atoms with Crippen molar-refractivity contribution in [2.75, 3.05) is 25.2 Å². The molecule has 0 spiro atoms. The maximum absolute atomic E-state index is 5.67. The highest BCUT2D eigenvalue weighted by Crippen LogP contribution is 2.18. The van der Waals surface area contributed by atoms with Crippen LogP contribution in [0.25, 0.3) is 0 Å². The van der Waals surface area contributed by atoms with Gasteiger partial charge in [-0.15, -0.1) is 0 Å². The zero-order valence-corrected chi connectivity index (χ0v) is 10.7. The predicted octanol–water partition coefficient (Wildman–Crippen LogP) is 1.73. The minimum Gasteiger partial charge on any atom is -0.475 e. The molecule has 0 saturated carbocycles. The maximum Gasteiger partial charge on any atom is 0.219 e. The monoisotopic (exact) mass is 255 g/mol. The number of anilines is 1. The molecule has 1 unspecified atom stereocenters. The first-order chi connectivity index (χ1) is 8.28. The molecule has 0 aliphatic carbocycles. The second kappa shape index (κ2) is 6.07. The molecule has 0 radical (unpaired) electrons. The van der Waals surface area contributed by atoms with E-state index in [2.05, 4.69) is 9.97 Å². The summed E-state index contributed by atoms with van der Waals surface area (Å²) in [5.41, 5.74) is 5.67. The molecular formula is C11H17N3O2S. The normalized spacial score (nSPS) is 20.2. The third kappa shape index (κ3) is 3.74. The smallest absolute Gasteiger partial charge is 0.219 e. The van der Waals surface area contributed by atoms with Gasteiger partial charge in [-0.1, -0.05) is 11.8 Å². The van der Waals surface area contributed by atoms with Crippen LogP contribution in [0.1, 0.15) is 19.3 Å². The van der Waals surface area contributed by atoms with Crippen molar-refractivity contribution in [3.8, 4) is 5.88 Å². The molecule has 1 atom stereocenters. The van der Waals surface area contributed by atoms with E-state index in [0.717, 1.165) is 19.4 Å². The van der Waals surface area contributed by atoms with Crippen LogP contribution < -0.4 is 10.5 Å². The zero-order chi connectivity index (χ0) is 12.1. The van der Waals surface area contributed by atoms with E-state index in [1.54, 1.807) is 6.07 Å². The van der Waals surface area contributed by atoms with Crippen LogP contribution in [0.3, 0.4) is 0 Å². The number of rotatable bonds is 4. The lowest BCUT2D eigenvalue weighted by molar-refractivity contribution is -0.0120. The van der Waals surface area contributed by atoms with Gasteiger partial charge in [-0.05, 0) is 25.5 Å². The van der Waals surface area contributed by atoms with Crippen molar-refractivity contribution in [3.05, 3.63) is 6.07 Å². The first-order valence-corrected chi connectivity index (χ1v) is 6.93. The zero-order valence-electron chi connectivity index (χ0n) is 9.89. The van der Waals surface area contributed by atoms with Crippen molar-refractivity contribution < 1.29 is 9.47 Å². The molecule has 6 heteroatoms. The lowest BCUT2D eigenvalue weighted by Crippen LogP contribution is -2.26. The summed E-state index contributed by atoms with van der Waals surface area (Å²) in [6.45, 7) is 1.36. The average molecular weight is 255 g/mol. The summed E-state index contributed by atoms with van der Waals surface area (Å²) < 4.78 is 11.2. The SMILES string of the molecule is CSc1nc(N)cc(OCC2CCCCO2)n1. The van der Waals surface area contributed by atoms with Gasteiger partial charge in [0.25, 0.3) is 0 Å². The Labute approximate surface area is 105 Å². The molecule has 1 saturated heterocycles. The number of hydrogen-bond acceptors (Lipinski definition) is 6. The number of nitrogen functional groups attached to an aromatic ring is 1. The summed E-state index contributed by atoms with van der Waals surface area (Å²) in [7, 11) is 0. The number of nitrogens with zero attached hydrogens (tertiary/aromatic N) is 2. The van der Waals surface area contributed by atoms with E-state index in [4.69, 9.17) is 15.2 Å². The Kier molecular flexibility index (Phi) is 4.44. The molecule has 94 valence electrons. The first-order valence-electron chi connectivity index (χ1n) is 5.71. The Bertz CT molecular complexity index is 370. The fraction of sp³-hybridized carbons (Fsp3) is 0.636. The van der Waals surface area contributed by atoms with Crippen molar-refractivity contribution in [1.82, 2.24) is 9.97 Å². The van der Waals surface area contributed by atoms with Gasteiger partial charge in [0.05, 0.1) is 6.10 Å². The van der Waals surface area contributed by atoms with Crippen LogP contribution in [0.15, 0.2) is 11.2 Å². The van der Waals surface area contributed by atoms with Crippen LogP contribution >= 0.6 is 11.8 Å². The number of hydrogen-bond donors (Lipinski definition) is 1. The third-order valence-electron chi connectivity index (χ3n) is 2.58. The molecule has 0 aromatic carbocycles. The van der Waals surface area contributed by atoms with E-state index in [1.165, 1.54) is 18.2 Å². The molecule has 2 rings (SSSR count). The standard InChI is InChI=1S/C11H17N3O2S/c1-17-11-13-9(12)6-10(14-11)16-7-8-4-2-3-5-15-8/h6,8H,2-5,7H2,1H3,(H2,12,13,14). The molecule has 1 aromatic rings. The highest BCUT2D eigenvalue weighted by atomic mass is 32.2. The minimum absolute atomic E-state index is 0.178. The lowest BCUT2D eigenvalue weighted by Gasteiger charge is -2.22. The molecule has 0 bridgehead atoms. The summed E-state index contributed by atoms with van der Waals surface area (Å²) >= 11 is 1.45.